The number of amides is 1. The molecule has 0 aliphatic carbocycles. The molecule has 2 atom stereocenters. The first-order valence-electron chi connectivity index (χ1n) is 7.18. The number of carbonyl (C=O) groups is 1. The Bertz CT molecular complexity index is 444. The van der Waals surface area contributed by atoms with Gasteiger partial charge in [-0.1, -0.05) is 38.5 Å². The third-order valence-electron chi connectivity index (χ3n) is 4.07. The van der Waals surface area contributed by atoms with Crippen LogP contribution >= 0.6 is 0 Å². The van der Waals surface area contributed by atoms with Crippen LogP contribution in [0.1, 0.15) is 38.2 Å². The predicted molar refractivity (Wildman–Crippen MR) is 79.4 cm³/mol. The van der Waals surface area contributed by atoms with Gasteiger partial charge in [-0.3, -0.25) is 4.79 Å². The van der Waals surface area contributed by atoms with E-state index in [1.807, 2.05) is 24.1 Å². The zero-order valence-corrected chi connectivity index (χ0v) is 12.1. The minimum atomic E-state index is 0.254. The predicted octanol–water partition coefficient (Wildman–Crippen LogP) is 3.09. The maximum absolute atomic E-state index is 12.3. The minimum absolute atomic E-state index is 0.254. The van der Waals surface area contributed by atoms with Crippen LogP contribution in [0.15, 0.2) is 24.3 Å². The molecule has 1 aromatic carbocycles. The fourth-order valence-electron chi connectivity index (χ4n) is 2.60. The van der Waals surface area contributed by atoms with E-state index in [9.17, 15) is 4.79 Å². The van der Waals surface area contributed by atoms with Crippen LogP contribution in [-0.2, 0) is 4.79 Å². The van der Waals surface area contributed by atoms with Crippen LogP contribution in [0, 0.1) is 5.92 Å². The first kappa shape index (κ1) is 13.9. The summed E-state index contributed by atoms with van der Waals surface area (Å²) in [6, 6.07) is 8.29. The molecule has 1 aliphatic rings. The van der Waals surface area contributed by atoms with E-state index in [2.05, 4.69) is 31.3 Å². The lowest BCUT2D eigenvalue weighted by molar-refractivity contribution is -0.130. The number of rotatable bonds is 5. The van der Waals surface area contributed by atoms with Gasteiger partial charge in [0.1, 0.15) is 0 Å². The number of fused-ring (bicyclic) bond motifs is 1. The first-order valence-corrected chi connectivity index (χ1v) is 7.18. The third-order valence-corrected chi connectivity index (χ3v) is 4.07. The van der Waals surface area contributed by atoms with Gasteiger partial charge in [-0.2, -0.15) is 0 Å². The van der Waals surface area contributed by atoms with Crippen LogP contribution in [0.4, 0.5) is 5.69 Å². The molecule has 1 N–H and O–H groups in total. The summed E-state index contributed by atoms with van der Waals surface area (Å²) in [7, 11) is 1.92. The molecule has 3 heteroatoms. The highest BCUT2D eigenvalue weighted by molar-refractivity contribution is 5.78. The molecule has 1 aliphatic heterocycles. The maximum atomic E-state index is 12.3. The fourth-order valence-corrected chi connectivity index (χ4v) is 2.60. The molecule has 3 nitrogen and oxygen atoms in total. The van der Waals surface area contributed by atoms with Crippen molar-refractivity contribution >= 4 is 11.6 Å². The van der Waals surface area contributed by atoms with Crippen molar-refractivity contribution in [1.29, 1.82) is 0 Å². The van der Waals surface area contributed by atoms with Crippen molar-refractivity contribution in [3.05, 3.63) is 29.8 Å². The largest absolute Gasteiger partial charge is 0.384 e. The molecule has 2 unspecified atom stereocenters. The van der Waals surface area contributed by atoms with Crippen LogP contribution in [0.2, 0.25) is 0 Å². The molecular weight excluding hydrogens is 236 g/mol. The van der Waals surface area contributed by atoms with E-state index in [1.54, 1.807) is 0 Å². The van der Waals surface area contributed by atoms with Gasteiger partial charge in [-0.05, 0) is 17.5 Å². The second-order valence-corrected chi connectivity index (χ2v) is 5.66. The summed E-state index contributed by atoms with van der Waals surface area (Å²) in [5, 5.41) is 3.38. The van der Waals surface area contributed by atoms with E-state index < -0.39 is 0 Å². The van der Waals surface area contributed by atoms with E-state index in [4.69, 9.17) is 0 Å². The van der Waals surface area contributed by atoms with Gasteiger partial charge < -0.3 is 10.2 Å². The summed E-state index contributed by atoms with van der Waals surface area (Å²) >= 11 is 0. The third kappa shape index (κ3) is 3.28. The van der Waals surface area contributed by atoms with E-state index >= 15 is 0 Å². The fraction of sp³-hybridized carbons (Fsp3) is 0.562. The lowest BCUT2D eigenvalue weighted by atomic mass is 9.97. The Balaban J connectivity index is 1.93. The molecule has 0 fully saturated rings. The van der Waals surface area contributed by atoms with Gasteiger partial charge in [0.05, 0.1) is 0 Å². The SMILES string of the molecule is CCC(C)CN(C)C(=O)CC1CNc2ccccc21. The molecule has 1 heterocycles. The molecule has 0 radical (unpaired) electrons. The number of nitrogens with one attached hydrogen (secondary N) is 1. The Morgan fingerprint density at radius 3 is 2.95 bits per heavy atom. The highest BCUT2D eigenvalue weighted by atomic mass is 16.2. The van der Waals surface area contributed by atoms with Gasteiger partial charge in [0, 0.05) is 38.2 Å². The lowest BCUT2D eigenvalue weighted by Crippen LogP contribution is -2.32. The van der Waals surface area contributed by atoms with Crippen LogP contribution < -0.4 is 5.32 Å². The zero-order chi connectivity index (χ0) is 13.8. The Morgan fingerprint density at radius 1 is 1.47 bits per heavy atom. The lowest BCUT2D eigenvalue weighted by Gasteiger charge is -2.22. The Kier molecular flexibility index (Phi) is 4.46. The van der Waals surface area contributed by atoms with E-state index in [-0.39, 0.29) is 5.91 Å². The Labute approximate surface area is 116 Å². The summed E-state index contributed by atoms with van der Waals surface area (Å²) in [4.78, 5) is 14.1. The van der Waals surface area contributed by atoms with Gasteiger partial charge in [0.15, 0.2) is 0 Å². The van der Waals surface area contributed by atoms with E-state index in [0.29, 0.717) is 18.3 Å². The molecular formula is C16H24N2O. The van der Waals surface area contributed by atoms with Crippen molar-refractivity contribution in [2.45, 2.75) is 32.6 Å². The smallest absolute Gasteiger partial charge is 0.223 e. The van der Waals surface area contributed by atoms with Crippen molar-refractivity contribution in [2.24, 2.45) is 5.92 Å². The normalized spacial score (nSPS) is 18.6. The van der Waals surface area contributed by atoms with Crippen molar-refractivity contribution < 1.29 is 4.79 Å². The molecule has 2 rings (SSSR count). The van der Waals surface area contributed by atoms with Crippen molar-refractivity contribution in [3.8, 4) is 0 Å². The number of nitrogens with zero attached hydrogens (tertiary/aromatic N) is 1. The quantitative estimate of drug-likeness (QED) is 0.882. The van der Waals surface area contributed by atoms with E-state index in [1.165, 1.54) is 11.3 Å². The highest BCUT2D eigenvalue weighted by Gasteiger charge is 2.25. The van der Waals surface area contributed by atoms with Gasteiger partial charge in [-0.15, -0.1) is 0 Å². The molecule has 0 saturated carbocycles. The number of anilines is 1. The molecule has 0 aromatic heterocycles. The van der Waals surface area contributed by atoms with Crippen LogP contribution in [0.3, 0.4) is 0 Å². The second-order valence-electron chi connectivity index (χ2n) is 5.66. The molecule has 1 aromatic rings. The zero-order valence-electron chi connectivity index (χ0n) is 12.1. The standard InChI is InChI=1S/C16H24N2O/c1-4-12(2)11-18(3)16(19)9-13-10-17-15-8-6-5-7-14(13)15/h5-8,12-13,17H,4,9-11H2,1-3H3. The topological polar surface area (TPSA) is 32.3 Å². The molecule has 0 saturated heterocycles. The monoisotopic (exact) mass is 260 g/mol. The minimum Gasteiger partial charge on any atom is -0.384 e. The van der Waals surface area contributed by atoms with Crippen LogP contribution in [-0.4, -0.2) is 30.9 Å². The van der Waals surface area contributed by atoms with Gasteiger partial charge >= 0.3 is 0 Å². The number of para-hydroxylation sites is 1. The van der Waals surface area contributed by atoms with Gasteiger partial charge in [0.2, 0.25) is 5.91 Å². The number of carbonyl (C=O) groups excluding carboxylic acids is 1. The molecule has 0 bridgehead atoms. The Hall–Kier alpha value is -1.51. The Morgan fingerprint density at radius 2 is 2.21 bits per heavy atom. The number of hydrogen-bond acceptors (Lipinski definition) is 2. The number of benzene rings is 1. The summed E-state index contributed by atoms with van der Waals surface area (Å²) in [6.45, 7) is 6.09. The molecule has 0 spiro atoms. The van der Waals surface area contributed by atoms with Crippen molar-refractivity contribution in [2.75, 3.05) is 25.5 Å². The van der Waals surface area contributed by atoms with Crippen LogP contribution in [0.5, 0.6) is 0 Å². The average Bonchev–Trinajstić information content (AvgIpc) is 2.82. The van der Waals surface area contributed by atoms with Crippen molar-refractivity contribution in [1.82, 2.24) is 4.90 Å². The summed E-state index contributed by atoms with van der Waals surface area (Å²) in [6.07, 6.45) is 1.72. The first-order chi connectivity index (χ1) is 9.11. The molecule has 19 heavy (non-hydrogen) atoms. The highest BCUT2D eigenvalue weighted by Crippen LogP contribution is 2.33. The van der Waals surface area contributed by atoms with E-state index in [0.717, 1.165) is 19.5 Å². The number of hydrogen-bond donors (Lipinski definition) is 1. The summed E-state index contributed by atoms with van der Waals surface area (Å²) in [5.74, 6) is 1.15. The second kappa shape index (κ2) is 6.09. The van der Waals surface area contributed by atoms with Gasteiger partial charge in [0.25, 0.3) is 0 Å². The average molecular weight is 260 g/mol. The molecule has 1 amide bonds. The summed E-state index contributed by atoms with van der Waals surface area (Å²) < 4.78 is 0. The van der Waals surface area contributed by atoms with Gasteiger partial charge in [-0.25, -0.2) is 0 Å². The maximum Gasteiger partial charge on any atom is 0.223 e. The summed E-state index contributed by atoms with van der Waals surface area (Å²) in [5.41, 5.74) is 2.47. The van der Waals surface area contributed by atoms with Crippen LogP contribution in [0.25, 0.3) is 0 Å². The van der Waals surface area contributed by atoms with Crippen molar-refractivity contribution in [3.63, 3.8) is 0 Å². The molecule has 104 valence electrons.